The number of rotatable bonds is 3. The van der Waals surface area contributed by atoms with E-state index in [1.165, 1.54) is 0 Å². The quantitative estimate of drug-likeness (QED) is 0.904. The molecule has 0 saturated heterocycles. The summed E-state index contributed by atoms with van der Waals surface area (Å²) < 4.78 is 10.7. The molecule has 1 aliphatic carbocycles. The molecule has 1 aromatic carbocycles. The maximum atomic E-state index is 10.9. The Bertz CT molecular complexity index is 522. The Labute approximate surface area is 111 Å². The minimum absolute atomic E-state index is 0.193. The topological polar surface area (TPSA) is 59.0 Å². The van der Waals surface area contributed by atoms with Crippen LogP contribution in [0.3, 0.4) is 0 Å². The predicted octanol–water partition coefficient (Wildman–Crippen LogP) is 2.02. The van der Waals surface area contributed by atoms with E-state index in [-0.39, 0.29) is 12.7 Å². The van der Waals surface area contributed by atoms with Crippen LogP contribution in [0, 0.1) is 12.8 Å². The molecule has 1 aliphatic heterocycles. The zero-order valence-electron chi connectivity index (χ0n) is 11.0. The molecule has 1 fully saturated rings. The molecule has 0 radical (unpaired) electrons. The number of aryl methyl sites for hydroxylation is 1. The molecule has 0 unspecified atom stereocenters. The lowest BCUT2D eigenvalue weighted by Crippen LogP contribution is -2.45. The normalized spacial score (nSPS) is 23.9. The zero-order chi connectivity index (χ0) is 13.6. The van der Waals surface area contributed by atoms with Gasteiger partial charge in [-0.25, -0.2) is 0 Å². The van der Waals surface area contributed by atoms with Crippen LogP contribution in [0.5, 0.6) is 11.5 Å². The van der Waals surface area contributed by atoms with Crippen LogP contribution in [0.1, 0.15) is 18.4 Å². The fourth-order valence-corrected chi connectivity index (χ4v) is 2.72. The van der Waals surface area contributed by atoms with Crippen molar-refractivity contribution in [1.29, 1.82) is 0 Å². The van der Waals surface area contributed by atoms with Crippen molar-refractivity contribution in [2.75, 3.05) is 18.7 Å². The SMILES string of the molecule is Cc1cc2c(cc1N(C)C1CC(C(=O)O)C1)OCO2. The average Bonchev–Trinajstić information content (AvgIpc) is 2.71. The first-order valence-corrected chi connectivity index (χ1v) is 6.42. The van der Waals surface area contributed by atoms with Gasteiger partial charge in [0.25, 0.3) is 0 Å². The van der Waals surface area contributed by atoms with E-state index in [9.17, 15) is 4.79 Å². The maximum Gasteiger partial charge on any atom is 0.306 e. The second kappa shape index (κ2) is 4.33. The number of carbonyl (C=O) groups is 1. The van der Waals surface area contributed by atoms with Gasteiger partial charge in [-0.1, -0.05) is 0 Å². The standard InChI is InChI=1S/C14H17NO4/c1-8-3-12-13(19-7-18-12)6-11(8)15(2)10-4-9(5-10)14(16)17/h3,6,9-10H,4-5,7H2,1-2H3,(H,16,17). The molecule has 5 nitrogen and oxygen atoms in total. The second-order valence-corrected chi connectivity index (χ2v) is 5.26. The summed E-state index contributed by atoms with van der Waals surface area (Å²) in [5.74, 6) is 0.669. The number of nitrogens with zero attached hydrogens (tertiary/aromatic N) is 1. The maximum absolute atomic E-state index is 10.9. The number of aliphatic carboxylic acids is 1. The molecule has 0 spiro atoms. The summed E-state index contributed by atoms with van der Waals surface area (Å²) in [5.41, 5.74) is 2.20. The van der Waals surface area contributed by atoms with E-state index in [4.69, 9.17) is 14.6 Å². The molecular formula is C14H17NO4. The summed E-state index contributed by atoms with van der Waals surface area (Å²) in [6.07, 6.45) is 1.42. The van der Waals surface area contributed by atoms with Crippen molar-refractivity contribution in [3.05, 3.63) is 17.7 Å². The molecular weight excluding hydrogens is 246 g/mol. The van der Waals surface area contributed by atoms with Crippen molar-refractivity contribution >= 4 is 11.7 Å². The number of anilines is 1. The molecule has 0 amide bonds. The molecule has 19 heavy (non-hydrogen) atoms. The molecule has 1 heterocycles. The van der Waals surface area contributed by atoms with Crippen molar-refractivity contribution in [3.63, 3.8) is 0 Å². The summed E-state index contributed by atoms with van der Waals surface area (Å²) in [6.45, 7) is 2.30. The molecule has 1 saturated carbocycles. The molecule has 5 heteroatoms. The van der Waals surface area contributed by atoms with Gasteiger partial charge in [0.2, 0.25) is 6.79 Å². The Morgan fingerprint density at radius 3 is 2.58 bits per heavy atom. The monoisotopic (exact) mass is 263 g/mol. The number of carboxylic acid groups (broad SMARTS) is 1. The Hall–Kier alpha value is -1.91. The second-order valence-electron chi connectivity index (χ2n) is 5.26. The summed E-state index contributed by atoms with van der Waals surface area (Å²) in [6, 6.07) is 4.24. The van der Waals surface area contributed by atoms with Crippen LogP contribution < -0.4 is 14.4 Å². The lowest BCUT2D eigenvalue weighted by atomic mass is 9.79. The van der Waals surface area contributed by atoms with Crippen LogP contribution in [-0.2, 0) is 4.79 Å². The zero-order valence-corrected chi connectivity index (χ0v) is 11.0. The van der Waals surface area contributed by atoms with Crippen molar-refractivity contribution in [2.24, 2.45) is 5.92 Å². The molecule has 0 aromatic heterocycles. The molecule has 3 rings (SSSR count). The minimum atomic E-state index is -0.688. The Balaban J connectivity index is 1.77. The van der Waals surface area contributed by atoms with E-state index < -0.39 is 5.97 Å². The van der Waals surface area contributed by atoms with Crippen molar-refractivity contribution in [3.8, 4) is 11.5 Å². The minimum Gasteiger partial charge on any atom is -0.481 e. The molecule has 2 aliphatic rings. The lowest BCUT2D eigenvalue weighted by molar-refractivity contribution is -0.145. The van der Waals surface area contributed by atoms with Gasteiger partial charge in [0.05, 0.1) is 5.92 Å². The Kier molecular flexibility index (Phi) is 2.77. The highest BCUT2D eigenvalue weighted by atomic mass is 16.7. The van der Waals surface area contributed by atoms with Gasteiger partial charge in [0, 0.05) is 24.8 Å². The third-order valence-corrected chi connectivity index (χ3v) is 4.08. The van der Waals surface area contributed by atoms with Gasteiger partial charge < -0.3 is 19.5 Å². The first-order valence-electron chi connectivity index (χ1n) is 6.42. The van der Waals surface area contributed by atoms with Crippen LogP contribution in [0.2, 0.25) is 0 Å². The summed E-state index contributed by atoms with van der Waals surface area (Å²) >= 11 is 0. The number of hydrogen-bond acceptors (Lipinski definition) is 4. The largest absolute Gasteiger partial charge is 0.481 e. The molecule has 0 bridgehead atoms. The van der Waals surface area contributed by atoms with Gasteiger partial charge in [-0.2, -0.15) is 0 Å². The van der Waals surface area contributed by atoms with E-state index in [1.54, 1.807) is 0 Å². The van der Waals surface area contributed by atoms with Crippen LogP contribution >= 0.6 is 0 Å². The summed E-state index contributed by atoms with van der Waals surface area (Å²) in [4.78, 5) is 13.0. The van der Waals surface area contributed by atoms with Gasteiger partial charge in [-0.3, -0.25) is 4.79 Å². The van der Waals surface area contributed by atoms with E-state index >= 15 is 0 Å². The van der Waals surface area contributed by atoms with E-state index in [1.807, 2.05) is 26.1 Å². The van der Waals surface area contributed by atoms with Crippen LogP contribution in [0.4, 0.5) is 5.69 Å². The van der Waals surface area contributed by atoms with Crippen molar-refractivity contribution in [1.82, 2.24) is 0 Å². The fraction of sp³-hybridized carbons (Fsp3) is 0.500. The van der Waals surface area contributed by atoms with Gasteiger partial charge in [0.15, 0.2) is 11.5 Å². The van der Waals surface area contributed by atoms with Gasteiger partial charge >= 0.3 is 5.97 Å². The number of benzene rings is 1. The van der Waals surface area contributed by atoms with E-state index in [0.717, 1.165) is 22.7 Å². The first kappa shape index (κ1) is 12.1. The number of carboxylic acids is 1. The number of hydrogen-bond donors (Lipinski definition) is 1. The smallest absolute Gasteiger partial charge is 0.306 e. The average molecular weight is 263 g/mol. The van der Waals surface area contributed by atoms with Crippen LogP contribution in [0.25, 0.3) is 0 Å². The number of ether oxygens (including phenoxy) is 2. The van der Waals surface area contributed by atoms with Crippen molar-refractivity contribution in [2.45, 2.75) is 25.8 Å². The van der Waals surface area contributed by atoms with Crippen molar-refractivity contribution < 1.29 is 19.4 Å². The third kappa shape index (κ3) is 1.99. The molecule has 102 valence electrons. The Morgan fingerprint density at radius 1 is 1.32 bits per heavy atom. The fourth-order valence-electron chi connectivity index (χ4n) is 2.72. The molecule has 1 N–H and O–H groups in total. The predicted molar refractivity (Wildman–Crippen MR) is 69.9 cm³/mol. The van der Waals surface area contributed by atoms with Crippen LogP contribution in [-0.4, -0.2) is 31.0 Å². The highest BCUT2D eigenvalue weighted by molar-refractivity contribution is 5.72. The molecule has 0 atom stereocenters. The Morgan fingerprint density at radius 2 is 1.95 bits per heavy atom. The highest BCUT2D eigenvalue weighted by Crippen LogP contribution is 2.41. The summed E-state index contributed by atoms with van der Waals surface area (Å²) in [5, 5.41) is 8.93. The van der Waals surface area contributed by atoms with E-state index in [2.05, 4.69) is 4.90 Å². The van der Waals surface area contributed by atoms with Gasteiger partial charge in [-0.15, -0.1) is 0 Å². The molecule has 1 aromatic rings. The highest BCUT2D eigenvalue weighted by Gasteiger charge is 2.37. The van der Waals surface area contributed by atoms with Gasteiger partial charge in [0.1, 0.15) is 0 Å². The van der Waals surface area contributed by atoms with E-state index in [0.29, 0.717) is 18.9 Å². The number of fused-ring (bicyclic) bond motifs is 1. The summed E-state index contributed by atoms with van der Waals surface area (Å²) in [7, 11) is 2.01. The van der Waals surface area contributed by atoms with Crippen LogP contribution in [0.15, 0.2) is 12.1 Å². The van der Waals surface area contributed by atoms with Gasteiger partial charge in [-0.05, 0) is 31.4 Å². The first-order chi connectivity index (χ1) is 9.06. The lowest BCUT2D eigenvalue weighted by Gasteiger charge is -2.41. The third-order valence-electron chi connectivity index (χ3n) is 4.08.